The Labute approximate surface area is 150 Å². The second-order valence-corrected chi connectivity index (χ2v) is 9.70. The fourth-order valence-electron chi connectivity index (χ4n) is 3.49. The number of hydrogen-bond acceptors (Lipinski definition) is 3. The van der Waals surface area contributed by atoms with Gasteiger partial charge in [-0.25, -0.2) is 0 Å². The van der Waals surface area contributed by atoms with Gasteiger partial charge in [-0.2, -0.15) is 11.8 Å². The fraction of sp³-hybridized carbons (Fsp3) is 0.650. The van der Waals surface area contributed by atoms with Crippen molar-refractivity contribution in [1.82, 2.24) is 4.90 Å². The number of amides is 1. The molecule has 2 aliphatic heterocycles. The average Bonchev–Trinajstić information content (AvgIpc) is 2.58. The minimum absolute atomic E-state index is 0.198. The van der Waals surface area contributed by atoms with Crippen LogP contribution in [0.25, 0.3) is 0 Å². The summed E-state index contributed by atoms with van der Waals surface area (Å²) in [5.41, 5.74) is 1.22. The van der Waals surface area contributed by atoms with Gasteiger partial charge >= 0.3 is 0 Å². The second kappa shape index (κ2) is 7.38. The van der Waals surface area contributed by atoms with Crippen LogP contribution in [0.3, 0.4) is 0 Å². The summed E-state index contributed by atoms with van der Waals surface area (Å²) in [4.78, 5) is 15.2. The van der Waals surface area contributed by atoms with Gasteiger partial charge in [-0.05, 0) is 43.7 Å². The van der Waals surface area contributed by atoms with E-state index >= 15 is 0 Å². The van der Waals surface area contributed by atoms with E-state index in [1.807, 2.05) is 30.0 Å². The fourth-order valence-corrected chi connectivity index (χ4v) is 4.53. The van der Waals surface area contributed by atoms with Crippen LogP contribution in [0, 0.1) is 0 Å². The molecule has 0 bridgehead atoms. The maximum Gasteiger partial charge on any atom is 0.263 e. The zero-order valence-corrected chi connectivity index (χ0v) is 15.9. The van der Waals surface area contributed by atoms with Gasteiger partial charge in [-0.3, -0.25) is 4.79 Å². The van der Waals surface area contributed by atoms with Crippen molar-refractivity contribution >= 4 is 17.7 Å². The number of rotatable bonds is 3. The standard InChI is InChI=1S/C20H29NO2S/c1-20(2,3)24-14-16-9-6-7-13-21(16)19(22)18-12-11-15-8-4-5-10-17(15)23-18/h4-5,8,10,16,18H,6-7,9,11-14H2,1-3H3/t16-,18-/m1/s1. The molecule has 1 saturated heterocycles. The molecule has 2 heterocycles. The summed E-state index contributed by atoms with van der Waals surface area (Å²) in [6.45, 7) is 7.62. The van der Waals surface area contributed by atoms with Gasteiger partial charge in [0.1, 0.15) is 5.75 Å². The van der Waals surface area contributed by atoms with Crippen molar-refractivity contribution in [2.24, 2.45) is 0 Å². The van der Waals surface area contributed by atoms with Crippen LogP contribution in [0.5, 0.6) is 5.75 Å². The Balaban J connectivity index is 1.66. The summed E-state index contributed by atoms with van der Waals surface area (Å²) in [5.74, 6) is 2.11. The Morgan fingerprint density at radius 3 is 2.83 bits per heavy atom. The first-order valence-electron chi connectivity index (χ1n) is 9.13. The lowest BCUT2D eigenvalue weighted by atomic mass is 9.98. The number of hydrogen-bond donors (Lipinski definition) is 0. The van der Waals surface area contributed by atoms with Gasteiger partial charge < -0.3 is 9.64 Å². The van der Waals surface area contributed by atoms with Gasteiger partial charge in [0.05, 0.1) is 0 Å². The maximum atomic E-state index is 13.1. The normalized spacial score (nSPS) is 24.2. The third-order valence-electron chi connectivity index (χ3n) is 4.81. The highest BCUT2D eigenvalue weighted by molar-refractivity contribution is 8.00. The van der Waals surface area contributed by atoms with Crippen molar-refractivity contribution in [3.05, 3.63) is 29.8 Å². The molecule has 3 rings (SSSR count). The molecule has 0 aromatic heterocycles. The summed E-state index contributed by atoms with van der Waals surface area (Å²) in [5, 5.41) is 0. The first kappa shape index (κ1) is 17.7. The van der Waals surface area contributed by atoms with Gasteiger partial charge in [0.25, 0.3) is 5.91 Å². The molecule has 1 amide bonds. The Bertz CT molecular complexity index is 581. The van der Waals surface area contributed by atoms with E-state index in [1.165, 1.54) is 12.0 Å². The van der Waals surface area contributed by atoms with Crippen molar-refractivity contribution in [3.63, 3.8) is 0 Å². The van der Waals surface area contributed by atoms with E-state index < -0.39 is 0 Å². The van der Waals surface area contributed by atoms with E-state index in [0.29, 0.717) is 6.04 Å². The van der Waals surface area contributed by atoms with Gasteiger partial charge in [-0.1, -0.05) is 39.0 Å². The van der Waals surface area contributed by atoms with E-state index in [0.717, 1.165) is 43.7 Å². The molecule has 4 heteroatoms. The molecule has 0 spiro atoms. The topological polar surface area (TPSA) is 29.5 Å². The number of nitrogens with zero attached hydrogens (tertiary/aromatic N) is 1. The summed E-state index contributed by atoms with van der Waals surface area (Å²) >= 11 is 1.96. The number of carbonyl (C=O) groups excluding carboxylic acids is 1. The van der Waals surface area contributed by atoms with E-state index in [9.17, 15) is 4.79 Å². The Hall–Kier alpha value is -1.16. The Morgan fingerprint density at radius 2 is 2.04 bits per heavy atom. The van der Waals surface area contributed by atoms with Gasteiger partial charge in [-0.15, -0.1) is 0 Å². The number of aryl methyl sites for hydroxylation is 1. The lowest BCUT2D eigenvalue weighted by molar-refractivity contribution is -0.142. The van der Waals surface area contributed by atoms with Crippen LogP contribution in [-0.4, -0.2) is 40.0 Å². The number of thioether (sulfide) groups is 1. The number of fused-ring (bicyclic) bond motifs is 1. The SMILES string of the molecule is CC(C)(C)SC[C@H]1CCCCN1C(=O)[C@H]1CCc2ccccc2O1. The molecule has 2 aliphatic rings. The second-order valence-electron chi connectivity index (χ2n) is 7.86. The van der Waals surface area contributed by atoms with Crippen molar-refractivity contribution in [3.8, 4) is 5.75 Å². The minimum Gasteiger partial charge on any atom is -0.480 e. The molecule has 0 aliphatic carbocycles. The lowest BCUT2D eigenvalue weighted by Gasteiger charge is -2.39. The summed E-state index contributed by atoms with van der Waals surface area (Å²) in [6.07, 6.45) is 4.89. The third-order valence-corrected chi connectivity index (χ3v) is 6.23. The smallest absolute Gasteiger partial charge is 0.263 e. The molecule has 1 fully saturated rings. The monoisotopic (exact) mass is 347 g/mol. The molecule has 3 nitrogen and oxygen atoms in total. The summed E-state index contributed by atoms with van der Waals surface area (Å²) in [6, 6.07) is 8.46. The molecule has 132 valence electrons. The third kappa shape index (κ3) is 4.27. The van der Waals surface area contributed by atoms with Gasteiger partial charge in [0, 0.05) is 23.1 Å². The Morgan fingerprint density at radius 1 is 1.25 bits per heavy atom. The Kier molecular flexibility index (Phi) is 5.43. The molecule has 1 aromatic rings. The van der Waals surface area contributed by atoms with Crippen molar-refractivity contribution in [2.75, 3.05) is 12.3 Å². The van der Waals surface area contributed by atoms with Crippen LogP contribution < -0.4 is 4.74 Å². The molecule has 0 unspecified atom stereocenters. The number of likely N-dealkylation sites (tertiary alicyclic amines) is 1. The van der Waals surface area contributed by atoms with Crippen LogP contribution in [0.15, 0.2) is 24.3 Å². The van der Waals surface area contributed by atoms with Crippen LogP contribution in [0.1, 0.15) is 52.0 Å². The summed E-state index contributed by atoms with van der Waals surface area (Å²) in [7, 11) is 0. The molecule has 0 saturated carbocycles. The van der Waals surface area contributed by atoms with Gasteiger partial charge in [0.15, 0.2) is 6.10 Å². The van der Waals surface area contributed by atoms with Crippen LogP contribution >= 0.6 is 11.8 Å². The molecular weight excluding hydrogens is 318 g/mol. The number of carbonyl (C=O) groups is 1. The molecule has 0 N–H and O–H groups in total. The van der Waals surface area contributed by atoms with Crippen molar-refractivity contribution in [2.45, 2.75) is 69.8 Å². The van der Waals surface area contributed by atoms with Crippen LogP contribution in [0.2, 0.25) is 0 Å². The summed E-state index contributed by atoms with van der Waals surface area (Å²) < 4.78 is 6.29. The number of benzene rings is 1. The molecule has 0 radical (unpaired) electrons. The predicted octanol–water partition coefficient (Wildman–Crippen LogP) is 4.29. The van der Waals surface area contributed by atoms with Gasteiger partial charge in [0.2, 0.25) is 0 Å². The van der Waals surface area contributed by atoms with Crippen molar-refractivity contribution in [1.29, 1.82) is 0 Å². The minimum atomic E-state index is -0.305. The van der Waals surface area contributed by atoms with E-state index in [4.69, 9.17) is 4.74 Å². The van der Waals surface area contributed by atoms with E-state index in [1.54, 1.807) is 0 Å². The van der Waals surface area contributed by atoms with Crippen LogP contribution in [-0.2, 0) is 11.2 Å². The first-order valence-corrected chi connectivity index (χ1v) is 10.1. The predicted molar refractivity (Wildman–Crippen MR) is 101 cm³/mol. The molecular formula is C20H29NO2S. The molecule has 1 aromatic carbocycles. The highest BCUT2D eigenvalue weighted by Gasteiger charge is 2.35. The highest BCUT2D eigenvalue weighted by atomic mass is 32.2. The lowest BCUT2D eigenvalue weighted by Crippen LogP contribution is -2.51. The highest BCUT2D eigenvalue weighted by Crippen LogP contribution is 2.31. The van der Waals surface area contributed by atoms with E-state index in [2.05, 4.69) is 31.7 Å². The van der Waals surface area contributed by atoms with E-state index in [-0.39, 0.29) is 16.8 Å². The number of piperidine rings is 1. The first-order chi connectivity index (χ1) is 11.4. The zero-order valence-electron chi connectivity index (χ0n) is 15.1. The zero-order chi connectivity index (χ0) is 17.2. The number of ether oxygens (including phenoxy) is 1. The number of para-hydroxylation sites is 1. The largest absolute Gasteiger partial charge is 0.480 e. The molecule has 2 atom stereocenters. The molecule has 24 heavy (non-hydrogen) atoms. The average molecular weight is 348 g/mol. The quantitative estimate of drug-likeness (QED) is 0.817. The maximum absolute atomic E-state index is 13.1. The van der Waals surface area contributed by atoms with Crippen molar-refractivity contribution < 1.29 is 9.53 Å². The van der Waals surface area contributed by atoms with Crippen LogP contribution in [0.4, 0.5) is 0 Å².